The van der Waals surface area contributed by atoms with Crippen molar-refractivity contribution in [2.45, 2.75) is 64.3 Å². The van der Waals surface area contributed by atoms with Crippen LogP contribution in [-0.4, -0.2) is 68.9 Å². The van der Waals surface area contributed by atoms with Crippen LogP contribution in [0.25, 0.3) is 11.4 Å². The molecule has 2 saturated carbocycles. The molecule has 4 rings (SSSR count). The number of carboxylic acid groups (broad SMARTS) is 1. The van der Waals surface area contributed by atoms with Gasteiger partial charge >= 0.3 is 12.1 Å². The molecule has 2 aromatic rings. The number of nitrogens with zero attached hydrogens (tertiary/aromatic N) is 5. The second-order valence-corrected chi connectivity index (χ2v) is 9.76. The molecular formula is C25H35N5O6. The van der Waals surface area contributed by atoms with Crippen LogP contribution in [-0.2, 0) is 34.5 Å². The zero-order valence-electron chi connectivity index (χ0n) is 21.2. The van der Waals surface area contributed by atoms with Gasteiger partial charge in [0.1, 0.15) is 29.4 Å². The summed E-state index contributed by atoms with van der Waals surface area (Å²) in [6, 6.07) is 3.59. The van der Waals surface area contributed by atoms with Crippen molar-refractivity contribution in [2.75, 3.05) is 20.7 Å². The van der Waals surface area contributed by atoms with Gasteiger partial charge in [-0.2, -0.15) is 0 Å². The van der Waals surface area contributed by atoms with Crippen LogP contribution in [0.1, 0.15) is 56.3 Å². The van der Waals surface area contributed by atoms with E-state index in [0.717, 1.165) is 25.7 Å². The highest BCUT2D eigenvalue weighted by Gasteiger charge is 2.29. The maximum absolute atomic E-state index is 12.5. The molecule has 0 radical (unpaired) electrons. The summed E-state index contributed by atoms with van der Waals surface area (Å²) in [5, 5.41) is 17.7. The maximum Gasteiger partial charge on any atom is 0.409 e. The number of pyridine rings is 1. The minimum absolute atomic E-state index is 0.0187. The van der Waals surface area contributed by atoms with Crippen LogP contribution in [0.2, 0.25) is 0 Å². The predicted molar refractivity (Wildman–Crippen MR) is 129 cm³/mol. The van der Waals surface area contributed by atoms with Gasteiger partial charge in [0.15, 0.2) is 0 Å². The van der Waals surface area contributed by atoms with Gasteiger partial charge in [-0.1, -0.05) is 11.6 Å². The first kappa shape index (κ1) is 25.9. The van der Waals surface area contributed by atoms with Crippen LogP contribution in [0, 0.1) is 11.8 Å². The van der Waals surface area contributed by atoms with E-state index in [4.69, 9.17) is 19.2 Å². The number of carboxylic acids is 1. The molecule has 11 heteroatoms. The Labute approximate surface area is 210 Å². The van der Waals surface area contributed by atoms with E-state index in [-0.39, 0.29) is 31.3 Å². The largest absolute Gasteiger partial charge is 0.488 e. The molecule has 0 saturated heterocycles. The molecule has 2 aliphatic rings. The number of amides is 1. The molecule has 2 aromatic heterocycles. The van der Waals surface area contributed by atoms with E-state index in [0.29, 0.717) is 53.8 Å². The highest BCUT2D eigenvalue weighted by Crippen LogP contribution is 2.31. The molecule has 0 spiro atoms. The molecule has 11 nitrogen and oxygen atoms in total. The van der Waals surface area contributed by atoms with Crippen LogP contribution >= 0.6 is 0 Å². The van der Waals surface area contributed by atoms with Crippen molar-refractivity contribution in [1.29, 1.82) is 0 Å². The monoisotopic (exact) mass is 501 g/mol. The number of carbonyl (C=O) groups is 2. The summed E-state index contributed by atoms with van der Waals surface area (Å²) in [6.07, 6.45) is 5.73. The third-order valence-corrected chi connectivity index (χ3v) is 7.07. The first-order valence-corrected chi connectivity index (χ1v) is 12.5. The number of hydrogen-bond acceptors (Lipinski definition) is 8. The summed E-state index contributed by atoms with van der Waals surface area (Å²) >= 11 is 0. The highest BCUT2D eigenvalue weighted by molar-refractivity contribution is 5.70. The lowest BCUT2D eigenvalue weighted by molar-refractivity contribution is -0.143. The first-order valence-electron chi connectivity index (χ1n) is 12.5. The molecule has 2 fully saturated rings. The van der Waals surface area contributed by atoms with Gasteiger partial charge in [-0.3, -0.25) is 4.79 Å². The average Bonchev–Trinajstić information content (AvgIpc) is 3.21. The van der Waals surface area contributed by atoms with Crippen molar-refractivity contribution in [1.82, 2.24) is 24.9 Å². The summed E-state index contributed by atoms with van der Waals surface area (Å²) in [5.41, 5.74) is 2.28. The molecule has 2 heterocycles. The van der Waals surface area contributed by atoms with Crippen LogP contribution in [0.4, 0.5) is 4.79 Å². The van der Waals surface area contributed by atoms with Gasteiger partial charge in [-0.05, 0) is 56.6 Å². The Morgan fingerprint density at radius 1 is 1.17 bits per heavy atom. The fourth-order valence-corrected chi connectivity index (χ4v) is 4.74. The van der Waals surface area contributed by atoms with Gasteiger partial charge < -0.3 is 24.2 Å². The van der Waals surface area contributed by atoms with Crippen molar-refractivity contribution < 1.29 is 28.9 Å². The summed E-state index contributed by atoms with van der Waals surface area (Å²) < 4.78 is 18.6. The Hall–Kier alpha value is -3.21. The number of aromatic nitrogens is 4. The Morgan fingerprint density at radius 2 is 1.94 bits per heavy atom. The molecule has 0 aliphatic heterocycles. The van der Waals surface area contributed by atoms with Gasteiger partial charge in [0.25, 0.3) is 0 Å². The van der Waals surface area contributed by atoms with Crippen molar-refractivity contribution in [3.8, 4) is 17.1 Å². The van der Waals surface area contributed by atoms with Gasteiger partial charge in [0, 0.05) is 27.7 Å². The standard InChI is InChI=1S/C25H35N5O6/c1-29(13-16-6-4-7-16)25(33)35-15-21-23(27-28-30(21)2)19-10-11-22(20(26-19)14-34-3)36-18-9-5-8-17(12-18)24(31)32/h10-11,16-18H,4-9,12-15H2,1-3H3,(H,31,32)/t17-,18-/m0/s1. The van der Waals surface area contributed by atoms with E-state index in [1.807, 2.05) is 0 Å². The third kappa shape index (κ3) is 6.13. The number of aryl methyl sites for hydroxylation is 1. The van der Waals surface area contributed by atoms with E-state index in [9.17, 15) is 14.7 Å². The van der Waals surface area contributed by atoms with Gasteiger partial charge in [0.2, 0.25) is 0 Å². The maximum atomic E-state index is 12.5. The second kappa shape index (κ2) is 11.7. The Kier molecular flexibility index (Phi) is 8.40. The minimum Gasteiger partial charge on any atom is -0.488 e. The van der Waals surface area contributed by atoms with Crippen LogP contribution in [0.3, 0.4) is 0 Å². The molecule has 2 atom stereocenters. The molecule has 1 amide bonds. The lowest BCUT2D eigenvalue weighted by Gasteiger charge is -2.29. The average molecular weight is 502 g/mol. The summed E-state index contributed by atoms with van der Waals surface area (Å²) in [4.78, 5) is 30.2. The van der Waals surface area contributed by atoms with Crippen LogP contribution in [0.5, 0.6) is 5.75 Å². The molecule has 0 bridgehead atoms. The number of hydrogen-bond donors (Lipinski definition) is 1. The smallest absolute Gasteiger partial charge is 0.409 e. The van der Waals surface area contributed by atoms with Crippen molar-refractivity contribution in [2.24, 2.45) is 18.9 Å². The number of aliphatic carboxylic acids is 1. The second-order valence-electron chi connectivity index (χ2n) is 9.76. The van der Waals surface area contributed by atoms with Gasteiger partial charge in [-0.15, -0.1) is 5.10 Å². The Morgan fingerprint density at radius 3 is 2.64 bits per heavy atom. The van der Waals surface area contributed by atoms with E-state index in [1.165, 1.54) is 6.42 Å². The first-order chi connectivity index (χ1) is 17.4. The van der Waals surface area contributed by atoms with E-state index >= 15 is 0 Å². The summed E-state index contributed by atoms with van der Waals surface area (Å²) in [5.74, 6) is -0.0474. The number of methoxy groups -OCH3 is 1. The molecular weight excluding hydrogens is 466 g/mol. The molecule has 0 aromatic carbocycles. The number of ether oxygens (including phenoxy) is 3. The molecule has 196 valence electrons. The normalized spacial score (nSPS) is 20.0. The zero-order chi connectivity index (χ0) is 25.7. The number of carbonyl (C=O) groups excluding carboxylic acids is 1. The van der Waals surface area contributed by atoms with Crippen LogP contribution in [0.15, 0.2) is 12.1 Å². The molecule has 1 N–H and O–H groups in total. The topological polar surface area (TPSA) is 129 Å². The SMILES string of the molecule is COCc1nc(-c2nnn(C)c2COC(=O)N(C)CC2CCC2)ccc1O[C@H]1CCC[C@H](C(=O)O)C1. The van der Waals surface area contributed by atoms with E-state index in [2.05, 4.69) is 10.3 Å². The van der Waals surface area contributed by atoms with E-state index in [1.54, 1.807) is 42.9 Å². The Bertz CT molecular complexity index is 1070. The van der Waals surface area contributed by atoms with E-state index < -0.39 is 5.97 Å². The fourth-order valence-electron chi connectivity index (χ4n) is 4.74. The van der Waals surface area contributed by atoms with Crippen molar-refractivity contribution >= 4 is 12.1 Å². The molecule has 36 heavy (non-hydrogen) atoms. The minimum atomic E-state index is -0.779. The molecule has 2 aliphatic carbocycles. The number of rotatable bonds is 10. The van der Waals surface area contributed by atoms with Gasteiger partial charge in [-0.25, -0.2) is 14.5 Å². The zero-order valence-corrected chi connectivity index (χ0v) is 21.2. The quantitative estimate of drug-likeness (QED) is 0.520. The fraction of sp³-hybridized carbons (Fsp3) is 0.640. The third-order valence-electron chi connectivity index (χ3n) is 7.07. The van der Waals surface area contributed by atoms with Crippen molar-refractivity contribution in [3.63, 3.8) is 0 Å². The Balaban J connectivity index is 1.46. The summed E-state index contributed by atoms with van der Waals surface area (Å²) in [6.45, 7) is 0.937. The van der Waals surface area contributed by atoms with Crippen LogP contribution < -0.4 is 4.74 Å². The predicted octanol–water partition coefficient (Wildman–Crippen LogP) is 3.41. The lowest BCUT2D eigenvalue weighted by atomic mass is 9.85. The molecule has 0 unspecified atom stereocenters. The van der Waals surface area contributed by atoms with Crippen molar-refractivity contribution in [3.05, 3.63) is 23.5 Å². The summed E-state index contributed by atoms with van der Waals surface area (Å²) in [7, 11) is 5.07. The highest BCUT2D eigenvalue weighted by atomic mass is 16.6. The van der Waals surface area contributed by atoms with Gasteiger partial charge in [0.05, 0.1) is 24.3 Å². The lowest BCUT2D eigenvalue weighted by Crippen LogP contribution is -2.34.